The third-order valence-corrected chi connectivity index (χ3v) is 7.07. The van der Waals surface area contributed by atoms with Gasteiger partial charge in [-0.2, -0.15) is 5.10 Å². The number of aryl methyl sites for hydroxylation is 1. The van der Waals surface area contributed by atoms with Crippen molar-refractivity contribution in [3.63, 3.8) is 0 Å². The second-order valence-electron chi connectivity index (χ2n) is 7.67. The van der Waals surface area contributed by atoms with Crippen LogP contribution < -0.4 is 16.1 Å². The number of carbonyl (C=O) groups is 3. The number of fused-ring (bicyclic) bond motifs is 5. The van der Waals surface area contributed by atoms with Crippen LogP contribution in [-0.4, -0.2) is 23.3 Å². The van der Waals surface area contributed by atoms with E-state index in [1.54, 1.807) is 0 Å². The van der Waals surface area contributed by atoms with E-state index in [-0.39, 0.29) is 28.8 Å². The Morgan fingerprint density at radius 2 is 1.93 bits per heavy atom. The predicted molar refractivity (Wildman–Crippen MR) is 114 cm³/mol. The molecule has 0 fully saturated rings. The molecule has 0 spiro atoms. The third-order valence-electron chi connectivity index (χ3n) is 5.80. The number of nitrogens with zero attached hydrogens (tertiary/aromatic N) is 2. The Bertz CT molecular complexity index is 1160. The van der Waals surface area contributed by atoms with E-state index in [9.17, 15) is 14.4 Å². The lowest BCUT2D eigenvalue weighted by Crippen LogP contribution is -2.47. The van der Waals surface area contributed by atoms with Crippen LogP contribution in [0.5, 0.6) is 0 Å². The molecule has 1 atom stereocenters. The molecule has 1 aromatic heterocycles. The van der Waals surface area contributed by atoms with Crippen LogP contribution in [-0.2, 0) is 22.4 Å². The Kier molecular flexibility index (Phi) is 4.32. The number of benzene rings is 1. The first kappa shape index (κ1) is 18.7. The van der Waals surface area contributed by atoms with Gasteiger partial charge in [0.05, 0.1) is 17.1 Å². The molecule has 2 aromatic rings. The van der Waals surface area contributed by atoms with Gasteiger partial charge < -0.3 is 11.1 Å². The van der Waals surface area contributed by atoms with E-state index in [2.05, 4.69) is 10.4 Å². The topological polar surface area (TPSA) is 105 Å². The molecular formula is C22H20N4O3S. The molecule has 1 aromatic carbocycles. The normalized spacial score (nSPS) is 20.0. The first-order valence-electron chi connectivity index (χ1n) is 9.91. The van der Waals surface area contributed by atoms with Crippen LogP contribution in [0, 0.1) is 0 Å². The summed E-state index contributed by atoms with van der Waals surface area (Å²) in [7, 11) is 0. The lowest BCUT2D eigenvalue weighted by molar-refractivity contribution is -0.114. The Balaban J connectivity index is 1.76. The summed E-state index contributed by atoms with van der Waals surface area (Å²) in [5.41, 5.74) is 8.57. The molecule has 152 valence electrons. The van der Waals surface area contributed by atoms with Crippen LogP contribution in [0.15, 0.2) is 46.8 Å². The zero-order valence-corrected chi connectivity index (χ0v) is 17.2. The van der Waals surface area contributed by atoms with Crippen molar-refractivity contribution < 1.29 is 14.4 Å². The second-order valence-corrected chi connectivity index (χ2v) is 8.75. The molecule has 30 heavy (non-hydrogen) atoms. The van der Waals surface area contributed by atoms with E-state index >= 15 is 0 Å². The van der Waals surface area contributed by atoms with Gasteiger partial charge in [0.1, 0.15) is 16.5 Å². The fraction of sp³-hybridized carbons (Fsp3) is 0.273. The Morgan fingerprint density at radius 1 is 1.20 bits per heavy atom. The molecule has 8 heteroatoms. The van der Waals surface area contributed by atoms with Crippen LogP contribution in [0.2, 0.25) is 0 Å². The highest BCUT2D eigenvalue weighted by atomic mass is 32.1. The molecule has 5 rings (SSSR count). The number of nitrogens with one attached hydrogen (secondary N) is 1. The van der Waals surface area contributed by atoms with Crippen molar-refractivity contribution in [2.75, 3.05) is 5.01 Å². The highest BCUT2D eigenvalue weighted by Gasteiger charge is 2.43. The standard InChI is InChI=1S/C22H20N4O3S/c1-11(27)18-15(12-7-3-2-4-8-12)17(19(23)28)20-24-21(29)16-13-9-5-6-10-14(13)30-22(16)26(20)25-18/h2-4,7-8,15H,5-6,9-10H2,1H3,(H2,23,28)(H,24,29). The smallest absolute Gasteiger partial charge is 0.260 e. The van der Waals surface area contributed by atoms with Gasteiger partial charge in [-0.15, -0.1) is 11.3 Å². The van der Waals surface area contributed by atoms with Crippen molar-refractivity contribution in [1.29, 1.82) is 0 Å². The summed E-state index contributed by atoms with van der Waals surface area (Å²) in [6, 6.07) is 9.15. The molecule has 3 N–H and O–H groups in total. The molecule has 3 heterocycles. The summed E-state index contributed by atoms with van der Waals surface area (Å²) >= 11 is 1.51. The summed E-state index contributed by atoms with van der Waals surface area (Å²) in [6.45, 7) is 1.43. The number of thiophene rings is 1. The molecular weight excluding hydrogens is 400 g/mol. The van der Waals surface area contributed by atoms with Crippen molar-refractivity contribution in [3.05, 3.63) is 63.3 Å². The number of hydrazone groups is 1. The lowest BCUT2D eigenvalue weighted by atomic mass is 9.83. The molecule has 0 saturated carbocycles. The number of ketones is 1. The molecule has 2 amide bonds. The van der Waals surface area contributed by atoms with E-state index in [4.69, 9.17) is 5.73 Å². The maximum atomic E-state index is 13.1. The van der Waals surface area contributed by atoms with Crippen LogP contribution in [0.25, 0.3) is 0 Å². The van der Waals surface area contributed by atoms with Crippen LogP contribution in [0.1, 0.15) is 52.0 Å². The molecule has 1 aliphatic carbocycles. The molecule has 1 unspecified atom stereocenters. The molecule has 7 nitrogen and oxygen atoms in total. The minimum absolute atomic E-state index is 0.173. The number of hydrogen-bond donors (Lipinski definition) is 2. The van der Waals surface area contributed by atoms with E-state index in [1.807, 2.05) is 30.3 Å². The number of rotatable bonds is 3. The van der Waals surface area contributed by atoms with Gasteiger partial charge in [0.25, 0.3) is 5.91 Å². The van der Waals surface area contributed by atoms with E-state index < -0.39 is 11.8 Å². The van der Waals surface area contributed by atoms with Gasteiger partial charge in [-0.25, -0.2) is 5.01 Å². The van der Waals surface area contributed by atoms with Gasteiger partial charge in [-0.1, -0.05) is 30.3 Å². The number of carbonyl (C=O) groups excluding carboxylic acids is 3. The average Bonchev–Trinajstić information content (AvgIpc) is 3.13. The zero-order valence-electron chi connectivity index (χ0n) is 16.4. The second kappa shape index (κ2) is 6.91. The lowest BCUT2D eigenvalue weighted by Gasteiger charge is -2.36. The van der Waals surface area contributed by atoms with Gasteiger partial charge in [0.15, 0.2) is 5.78 Å². The number of amides is 2. The quantitative estimate of drug-likeness (QED) is 0.796. The van der Waals surface area contributed by atoms with E-state index in [0.29, 0.717) is 10.6 Å². The van der Waals surface area contributed by atoms with Crippen molar-refractivity contribution in [1.82, 2.24) is 5.32 Å². The Morgan fingerprint density at radius 3 is 2.63 bits per heavy atom. The van der Waals surface area contributed by atoms with Gasteiger partial charge in [-0.3, -0.25) is 14.4 Å². The maximum Gasteiger partial charge on any atom is 0.260 e. The predicted octanol–water partition coefficient (Wildman–Crippen LogP) is 2.62. The molecule has 0 radical (unpaired) electrons. The first-order valence-corrected chi connectivity index (χ1v) is 10.7. The maximum absolute atomic E-state index is 13.1. The van der Waals surface area contributed by atoms with Gasteiger partial charge in [-0.05, 0) is 36.8 Å². The van der Waals surface area contributed by atoms with Crippen LogP contribution >= 0.6 is 11.3 Å². The average molecular weight is 420 g/mol. The van der Waals surface area contributed by atoms with Crippen LogP contribution in [0.4, 0.5) is 5.00 Å². The number of hydrogen-bond acceptors (Lipinski definition) is 6. The van der Waals surface area contributed by atoms with Gasteiger partial charge in [0.2, 0.25) is 5.91 Å². The molecule has 2 aliphatic heterocycles. The monoisotopic (exact) mass is 420 g/mol. The van der Waals surface area contributed by atoms with Crippen molar-refractivity contribution >= 4 is 39.6 Å². The largest absolute Gasteiger partial charge is 0.366 e. The van der Waals surface area contributed by atoms with Gasteiger partial charge >= 0.3 is 0 Å². The zero-order chi connectivity index (χ0) is 21.0. The Hall–Kier alpha value is -3.26. The van der Waals surface area contributed by atoms with Crippen molar-refractivity contribution in [3.8, 4) is 0 Å². The fourth-order valence-electron chi connectivity index (χ4n) is 4.48. The third kappa shape index (κ3) is 2.71. The molecule has 3 aliphatic rings. The summed E-state index contributed by atoms with van der Waals surface area (Å²) in [6.07, 6.45) is 3.89. The summed E-state index contributed by atoms with van der Waals surface area (Å²) in [5.74, 6) is -1.67. The van der Waals surface area contributed by atoms with E-state index in [1.165, 1.54) is 28.1 Å². The highest BCUT2D eigenvalue weighted by Crippen LogP contribution is 2.46. The van der Waals surface area contributed by atoms with Gasteiger partial charge in [0, 0.05) is 11.8 Å². The Labute approximate surface area is 177 Å². The minimum Gasteiger partial charge on any atom is -0.366 e. The minimum atomic E-state index is -0.733. The van der Waals surface area contributed by atoms with Crippen molar-refractivity contribution in [2.45, 2.75) is 38.5 Å². The number of anilines is 1. The van der Waals surface area contributed by atoms with Crippen molar-refractivity contribution in [2.24, 2.45) is 10.8 Å². The molecule has 0 bridgehead atoms. The summed E-state index contributed by atoms with van der Waals surface area (Å²) in [5, 5.41) is 9.69. The first-order chi connectivity index (χ1) is 14.5. The van der Waals surface area contributed by atoms with Crippen LogP contribution in [0.3, 0.4) is 0 Å². The summed E-state index contributed by atoms with van der Waals surface area (Å²) < 4.78 is 0. The number of primary amides is 1. The highest BCUT2D eigenvalue weighted by molar-refractivity contribution is 7.16. The number of nitrogens with two attached hydrogens (primary N) is 1. The van der Waals surface area contributed by atoms with E-state index in [0.717, 1.165) is 36.8 Å². The fourth-order valence-corrected chi connectivity index (χ4v) is 5.82. The number of Topliss-reactive ketones (excluding diaryl/α,β-unsaturated/α-hetero) is 1. The summed E-state index contributed by atoms with van der Waals surface area (Å²) in [4.78, 5) is 39.4. The SMILES string of the molecule is CC(=O)C1=NN2C(=C(C(N)=O)C1c1ccccc1)NC(=O)c1c2sc2c1CCCC2. The molecule has 0 saturated heterocycles.